The molecule has 0 aliphatic heterocycles. The largest absolute Gasteiger partial charge is 0.433 e. The van der Waals surface area contributed by atoms with Gasteiger partial charge in [-0.25, -0.2) is 4.98 Å². The van der Waals surface area contributed by atoms with Gasteiger partial charge in [-0.1, -0.05) is 34.5 Å². The number of aryl methyl sites for hydroxylation is 1. The van der Waals surface area contributed by atoms with E-state index >= 15 is 0 Å². The number of halogens is 2. The van der Waals surface area contributed by atoms with Crippen molar-refractivity contribution >= 4 is 27.5 Å². The molecule has 0 N–H and O–H groups in total. The van der Waals surface area contributed by atoms with Gasteiger partial charge in [0.25, 0.3) is 5.88 Å². The van der Waals surface area contributed by atoms with E-state index in [1.54, 1.807) is 29.0 Å². The Hall–Kier alpha value is -1.33. The first kappa shape index (κ1) is 14.1. The van der Waals surface area contributed by atoms with Crippen molar-refractivity contribution in [1.29, 1.82) is 0 Å². The average Bonchev–Trinajstić information content (AvgIpc) is 2.39. The lowest BCUT2D eigenvalue weighted by atomic mass is 10.3. The molecule has 0 saturated carbocycles. The van der Waals surface area contributed by atoms with E-state index in [0.29, 0.717) is 17.3 Å². The van der Waals surface area contributed by atoms with Gasteiger partial charge < -0.3 is 9.30 Å². The summed E-state index contributed by atoms with van der Waals surface area (Å²) in [5, 5.41) is 0.426. The fourth-order valence-corrected chi connectivity index (χ4v) is 2.07. The summed E-state index contributed by atoms with van der Waals surface area (Å²) in [6.07, 6.45) is 4.04. The zero-order valence-electron chi connectivity index (χ0n) is 10.3. The van der Waals surface area contributed by atoms with Crippen molar-refractivity contribution in [2.75, 3.05) is 0 Å². The normalized spacial score (nSPS) is 10.5. The molecule has 2 aromatic rings. The van der Waals surface area contributed by atoms with Crippen LogP contribution in [-0.2, 0) is 6.54 Å². The van der Waals surface area contributed by atoms with Gasteiger partial charge in [-0.3, -0.25) is 4.79 Å². The Labute approximate surface area is 124 Å². The van der Waals surface area contributed by atoms with Crippen molar-refractivity contribution in [1.82, 2.24) is 9.55 Å². The van der Waals surface area contributed by atoms with Crippen molar-refractivity contribution in [2.45, 2.75) is 19.9 Å². The maximum absolute atomic E-state index is 12.1. The summed E-state index contributed by atoms with van der Waals surface area (Å²) in [5.74, 6) is 0.422. The molecule has 0 bridgehead atoms. The molecule has 6 heteroatoms. The Morgan fingerprint density at radius 1 is 1.47 bits per heavy atom. The number of benzene rings is 1. The molecule has 0 fully saturated rings. The maximum Gasteiger partial charge on any atom is 0.313 e. The van der Waals surface area contributed by atoms with E-state index in [2.05, 4.69) is 20.9 Å². The van der Waals surface area contributed by atoms with E-state index in [1.165, 1.54) is 6.20 Å². The van der Waals surface area contributed by atoms with E-state index < -0.39 is 0 Å². The van der Waals surface area contributed by atoms with Crippen molar-refractivity contribution in [3.05, 3.63) is 50.4 Å². The predicted octanol–water partition coefficient (Wildman–Crippen LogP) is 3.86. The molecule has 0 atom stereocenters. The monoisotopic (exact) mass is 342 g/mol. The molecular weight excluding hydrogens is 332 g/mol. The zero-order valence-corrected chi connectivity index (χ0v) is 12.6. The third-order valence-electron chi connectivity index (χ3n) is 2.45. The van der Waals surface area contributed by atoms with Crippen LogP contribution in [0.3, 0.4) is 0 Å². The van der Waals surface area contributed by atoms with Crippen LogP contribution in [0.25, 0.3) is 0 Å². The van der Waals surface area contributed by atoms with Crippen LogP contribution in [0.5, 0.6) is 11.6 Å². The number of nitrogens with zero attached hydrogens (tertiary/aromatic N) is 2. The van der Waals surface area contributed by atoms with Gasteiger partial charge in [0.1, 0.15) is 5.75 Å². The molecule has 1 heterocycles. The van der Waals surface area contributed by atoms with E-state index in [9.17, 15) is 4.79 Å². The van der Waals surface area contributed by atoms with E-state index in [1.807, 2.05) is 6.92 Å². The predicted molar refractivity (Wildman–Crippen MR) is 78.0 cm³/mol. The number of hydrogen-bond donors (Lipinski definition) is 0. The molecular formula is C13H12BrClN2O2. The third kappa shape index (κ3) is 3.36. The lowest BCUT2D eigenvalue weighted by Crippen LogP contribution is -2.21. The molecule has 0 saturated heterocycles. The highest BCUT2D eigenvalue weighted by Crippen LogP contribution is 2.30. The second-order valence-electron chi connectivity index (χ2n) is 3.91. The molecule has 0 radical (unpaired) electrons. The lowest BCUT2D eigenvalue weighted by Gasteiger charge is -2.08. The quantitative estimate of drug-likeness (QED) is 0.846. The molecule has 0 unspecified atom stereocenters. The summed E-state index contributed by atoms with van der Waals surface area (Å²) in [4.78, 5) is 16.0. The second-order valence-corrected chi connectivity index (χ2v) is 5.23. The number of aromatic nitrogens is 2. The van der Waals surface area contributed by atoms with Crippen molar-refractivity contribution in [3.8, 4) is 11.6 Å². The van der Waals surface area contributed by atoms with Crippen molar-refractivity contribution in [2.24, 2.45) is 0 Å². The summed E-state index contributed by atoms with van der Waals surface area (Å²) in [6, 6.07) is 5.18. The molecule has 4 nitrogen and oxygen atoms in total. The Morgan fingerprint density at radius 3 is 3.00 bits per heavy atom. The van der Waals surface area contributed by atoms with Crippen LogP contribution in [0.15, 0.2) is 39.9 Å². The number of hydrogen-bond acceptors (Lipinski definition) is 3. The van der Waals surface area contributed by atoms with Crippen LogP contribution < -0.4 is 10.3 Å². The summed E-state index contributed by atoms with van der Waals surface area (Å²) >= 11 is 9.34. The van der Waals surface area contributed by atoms with Crippen LogP contribution in [0.2, 0.25) is 5.02 Å². The smallest absolute Gasteiger partial charge is 0.313 e. The lowest BCUT2D eigenvalue weighted by molar-refractivity contribution is 0.443. The Balaban J connectivity index is 2.36. The summed E-state index contributed by atoms with van der Waals surface area (Å²) in [6.45, 7) is 2.63. The molecule has 2 rings (SSSR count). The second kappa shape index (κ2) is 6.21. The minimum absolute atomic E-state index is 0.0240. The number of rotatable bonds is 4. The Kier molecular flexibility index (Phi) is 4.61. The number of ether oxygens (including phenoxy) is 1. The summed E-state index contributed by atoms with van der Waals surface area (Å²) in [5.41, 5.74) is -0.264. The fourth-order valence-electron chi connectivity index (χ4n) is 1.57. The van der Waals surface area contributed by atoms with Gasteiger partial charge in [0.05, 0.1) is 5.02 Å². The van der Waals surface area contributed by atoms with Crippen LogP contribution in [0.1, 0.15) is 13.3 Å². The van der Waals surface area contributed by atoms with Crippen molar-refractivity contribution < 1.29 is 4.74 Å². The highest BCUT2D eigenvalue weighted by Gasteiger charge is 2.10. The third-order valence-corrected chi connectivity index (χ3v) is 3.25. The first-order valence-electron chi connectivity index (χ1n) is 5.80. The van der Waals surface area contributed by atoms with Gasteiger partial charge in [0.15, 0.2) is 0 Å². The Bertz CT molecular complexity index is 643. The molecule has 1 aromatic carbocycles. The molecule has 19 heavy (non-hydrogen) atoms. The summed E-state index contributed by atoms with van der Waals surface area (Å²) in [7, 11) is 0. The van der Waals surface area contributed by atoms with Crippen LogP contribution in [-0.4, -0.2) is 9.55 Å². The summed E-state index contributed by atoms with van der Waals surface area (Å²) < 4.78 is 7.88. The van der Waals surface area contributed by atoms with Gasteiger partial charge in [-0.05, 0) is 24.6 Å². The molecule has 0 spiro atoms. The van der Waals surface area contributed by atoms with Gasteiger partial charge in [0, 0.05) is 23.4 Å². The minimum atomic E-state index is -0.264. The van der Waals surface area contributed by atoms with E-state index in [0.717, 1.165) is 10.9 Å². The molecule has 0 amide bonds. The average molecular weight is 344 g/mol. The molecule has 1 aromatic heterocycles. The first-order valence-corrected chi connectivity index (χ1v) is 6.97. The molecule has 100 valence electrons. The van der Waals surface area contributed by atoms with E-state index in [4.69, 9.17) is 16.3 Å². The van der Waals surface area contributed by atoms with Crippen LogP contribution in [0.4, 0.5) is 0 Å². The highest BCUT2D eigenvalue weighted by atomic mass is 79.9. The topological polar surface area (TPSA) is 44.1 Å². The van der Waals surface area contributed by atoms with Gasteiger partial charge in [-0.2, -0.15) is 0 Å². The maximum atomic E-state index is 12.1. The van der Waals surface area contributed by atoms with Crippen LogP contribution in [0, 0.1) is 0 Å². The van der Waals surface area contributed by atoms with E-state index in [-0.39, 0.29) is 11.4 Å². The van der Waals surface area contributed by atoms with Crippen LogP contribution >= 0.6 is 27.5 Å². The Morgan fingerprint density at radius 2 is 2.26 bits per heavy atom. The molecule has 0 aliphatic rings. The first-order chi connectivity index (χ1) is 9.11. The van der Waals surface area contributed by atoms with Crippen molar-refractivity contribution in [3.63, 3.8) is 0 Å². The van der Waals surface area contributed by atoms with Gasteiger partial charge in [0.2, 0.25) is 0 Å². The van der Waals surface area contributed by atoms with Gasteiger partial charge >= 0.3 is 5.56 Å². The zero-order chi connectivity index (χ0) is 13.8. The molecule has 0 aliphatic carbocycles. The highest BCUT2D eigenvalue weighted by molar-refractivity contribution is 9.10. The SMILES string of the molecule is CCCn1ccnc(Oc2cc(Br)ccc2Cl)c1=O. The standard InChI is InChI=1S/C13H12BrClN2O2/c1-2-6-17-7-5-16-12(13(17)18)19-11-8-9(14)3-4-10(11)15/h3-5,7-8H,2,6H2,1H3. The van der Waals surface area contributed by atoms with Gasteiger partial charge in [-0.15, -0.1) is 0 Å². The fraction of sp³-hybridized carbons (Fsp3) is 0.231. The minimum Gasteiger partial charge on any atom is -0.433 e.